The van der Waals surface area contributed by atoms with Crippen LogP contribution in [0.5, 0.6) is 0 Å². The van der Waals surface area contributed by atoms with Gasteiger partial charge in [-0.1, -0.05) is 30.3 Å². The summed E-state index contributed by atoms with van der Waals surface area (Å²) in [5.74, 6) is 1.02. The third kappa shape index (κ3) is 2.62. The number of imidazole rings is 1. The van der Waals surface area contributed by atoms with Crippen molar-refractivity contribution in [1.29, 1.82) is 0 Å². The summed E-state index contributed by atoms with van der Waals surface area (Å²) in [5, 5.41) is 10.6. The number of aromatic nitrogens is 4. The largest absolute Gasteiger partial charge is 0.337 e. The van der Waals surface area contributed by atoms with Crippen LogP contribution in [0.4, 0.5) is 0 Å². The first-order valence-electron chi connectivity index (χ1n) is 6.59. The second kappa shape index (κ2) is 5.71. The van der Waals surface area contributed by atoms with E-state index in [9.17, 15) is 0 Å². The van der Waals surface area contributed by atoms with Gasteiger partial charge in [0.2, 0.25) is 0 Å². The lowest BCUT2D eigenvalue weighted by molar-refractivity contribution is 0.639. The summed E-state index contributed by atoms with van der Waals surface area (Å²) in [6, 6.07) is 10.2. The second-order valence-electron chi connectivity index (χ2n) is 4.69. The molecule has 0 spiro atoms. The Morgan fingerprint density at radius 2 is 2.05 bits per heavy atom. The Morgan fingerprint density at radius 3 is 2.80 bits per heavy atom. The van der Waals surface area contributed by atoms with E-state index in [0.29, 0.717) is 0 Å². The van der Waals surface area contributed by atoms with E-state index in [1.54, 1.807) is 0 Å². The number of rotatable bonds is 5. The maximum Gasteiger partial charge on any atom is 0.122 e. The second-order valence-corrected chi connectivity index (χ2v) is 4.69. The third-order valence-corrected chi connectivity index (χ3v) is 3.30. The lowest BCUT2D eigenvalue weighted by atomic mass is 10.1. The van der Waals surface area contributed by atoms with Gasteiger partial charge in [-0.25, -0.2) is 4.98 Å². The summed E-state index contributed by atoms with van der Waals surface area (Å²) in [6.45, 7) is 1.50. The molecule has 0 saturated heterocycles. The zero-order chi connectivity index (χ0) is 13.8. The van der Waals surface area contributed by atoms with Crippen LogP contribution in [-0.4, -0.2) is 19.7 Å². The SMILES string of the molecule is Cn1ccnc1CNCc1cn[nH]c1-c1ccccc1. The molecule has 2 aromatic heterocycles. The van der Waals surface area contributed by atoms with Gasteiger partial charge in [0.1, 0.15) is 5.82 Å². The van der Waals surface area contributed by atoms with Crippen molar-refractivity contribution in [1.82, 2.24) is 25.1 Å². The molecule has 1 aromatic carbocycles. The molecule has 2 heterocycles. The maximum atomic E-state index is 4.29. The molecule has 3 aromatic rings. The number of nitrogens with one attached hydrogen (secondary N) is 2. The van der Waals surface area contributed by atoms with Gasteiger partial charge < -0.3 is 9.88 Å². The van der Waals surface area contributed by atoms with Crippen molar-refractivity contribution in [2.24, 2.45) is 7.05 Å². The Balaban J connectivity index is 1.67. The zero-order valence-electron chi connectivity index (χ0n) is 11.4. The normalized spacial score (nSPS) is 10.8. The Labute approximate surface area is 117 Å². The van der Waals surface area contributed by atoms with Crippen molar-refractivity contribution in [2.75, 3.05) is 0 Å². The number of aryl methyl sites for hydroxylation is 1. The minimum Gasteiger partial charge on any atom is -0.337 e. The zero-order valence-corrected chi connectivity index (χ0v) is 11.4. The summed E-state index contributed by atoms with van der Waals surface area (Å²) < 4.78 is 2.01. The summed E-state index contributed by atoms with van der Waals surface area (Å²) in [5.41, 5.74) is 3.38. The first kappa shape index (κ1) is 12.6. The van der Waals surface area contributed by atoms with Gasteiger partial charge in [0.15, 0.2) is 0 Å². The van der Waals surface area contributed by atoms with Crippen molar-refractivity contribution >= 4 is 0 Å². The van der Waals surface area contributed by atoms with E-state index < -0.39 is 0 Å². The van der Waals surface area contributed by atoms with Crippen molar-refractivity contribution in [3.05, 3.63) is 60.3 Å². The fraction of sp³-hybridized carbons (Fsp3) is 0.200. The van der Waals surface area contributed by atoms with Gasteiger partial charge in [-0.3, -0.25) is 5.10 Å². The van der Waals surface area contributed by atoms with Crippen LogP contribution in [-0.2, 0) is 20.1 Å². The number of benzene rings is 1. The Morgan fingerprint density at radius 1 is 1.20 bits per heavy atom. The van der Waals surface area contributed by atoms with E-state index >= 15 is 0 Å². The van der Waals surface area contributed by atoms with Crippen LogP contribution in [0.2, 0.25) is 0 Å². The standard InChI is InChI=1S/C15H17N5/c1-20-8-7-17-14(20)11-16-9-13-10-18-19-15(13)12-5-3-2-4-6-12/h2-8,10,16H,9,11H2,1H3,(H,18,19). The Hall–Kier alpha value is -2.40. The molecular formula is C15H17N5. The summed E-state index contributed by atoms with van der Waals surface area (Å²) in [4.78, 5) is 4.29. The van der Waals surface area contributed by atoms with Gasteiger partial charge in [-0.05, 0) is 5.56 Å². The van der Waals surface area contributed by atoms with E-state index in [0.717, 1.165) is 35.7 Å². The van der Waals surface area contributed by atoms with E-state index in [1.807, 2.05) is 48.4 Å². The molecule has 3 rings (SSSR count). The molecule has 0 fully saturated rings. The molecule has 0 unspecified atom stereocenters. The molecular weight excluding hydrogens is 250 g/mol. The lowest BCUT2D eigenvalue weighted by Crippen LogP contribution is -2.15. The molecule has 102 valence electrons. The summed E-state index contributed by atoms with van der Waals surface area (Å²) in [6.07, 6.45) is 5.63. The highest BCUT2D eigenvalue weighted by Gasteiger charge is 2.07. The first-order chi connectivity index (χ1) is 9.84. The van der Waals surface area contributed by atoms with Gasteiger partial charge in [-0.2, -0.15) is 5.10 Å². The molecule has 0 aliphatic rings. The molecule has 0 bridgehead atoms. The van der Waals surface area contributed by atoms with Crippen LogP contribution in [0.15, 0.2) is 48.9 Å². The van der Waals surface area contributed by atoms with E-state index in [-0.39, 0.29) is 0 Å². The number of hydrogen-bond donors (Lipinski definition) is 2. The highest BCUT2D eigenvalue weighted by atomic mass is 15.1. The Kier molecular flexibility index (Phi) is 3.60. The van der Waals surface area contributed by atoms with Gasteiger partial charge in [0.05, 0.1) is 18.4 Å². The molecule has 20 heavy (non-hydrogen) atoms. The number of hydrogen-bond acceptors (Lipinski definition) is 3. The number of nitrogens with zero attached hydrogens (tertiary/aromatic N) is 3. The topological polar surface area (TPSA) is 58.5 Å². The highest BCUT2D eigenvalue weighted by Crippen LogP contribution is 2.20. The Bertz CT molecular complexity index is 668. The van der Waals surface area contributed by atoms with Crippen molar-refractivity contribution in [3.63, 3.8) is 0 Å². The molecule has 0 amide bonds. The molecule has 0 aliphatic heterocycles. The number of H-pyrrole nitrogens is 1. The average molecular weight is 267 g/mol. The lowest BCUT2D eigenvalue weighted by Gasteiger charge is -2.06. The highest BCUT2D eigenvalue weighted by molar-refractivity contribution is 5.62. The van der Waals surface area contributed by atoms with Gasteiger partial charge in [0.25, 0.3) is 0 Å². The minimum absolute atomic E-state index is 0.739. The predicted octanol–water partition coefficient (Wildman–Crippen LogP) is 2.10. The van der Waals surface area contributed by atoms with Gasteiger partial charge in [0, 0.05) is 31.5 Å². The van der Waals surface area contributed by atoms with E-state index in [2.05, 4.69) is 32.6 Å². The quantitative estimate of drug-likeness (QED) is 0.744. The van der Waals surface area contributed by atoms with Gasteiger partial charge >= 0.3 is 0 Å². The smallest absolute Gasteiger partial charge is 0.122 e. The fourth-order valence-corrected chi connectivity index (χ4v) is 2.18. The molecule has 0 radical (unpaired) electrons. The molecule has 0 atom stereocenters. The summed E-state index contributed by atoms with van der Waals surface area (Å²) in [7, 11) is 2.00. The van der Waals surface area contributed by atoms with Crippen LogP contribution < -0.4 is 5.32 Å². The monoisotopic (exact) mass is 267 g/mol. The maximum absolute atomic E-state index is 4.29. The van der Waals surface area contributed by atoms with Crippen LogP contribution in [0, 0.1) is 0 Å². The molecule has 0 saturated carbocycles. The fourth-order valence-electron chi connectivity index (χ4n) is 2.18. The molecule has 2 N–H and O–H groups in total. The molecule has 5 heteroatoms. The minimum atomic E-state index is 0.739. The van der Waals surface area contributed by atoms with E-state index in [1.165, 1.54) is 0 Å². The van der Waals surface area contributed by atoms with Gasteiger partial charge in [-0.15, -0.1) is 0 Å². The molecule has 0 aliphatic carbocycles. The van der Waals surface area contributed by atoms with Crippen molar-refractivity contribution in [3.8, 4) is 11.3 Å². The van der Waals surface area contributed by atoms with Crippen molar-refractivity contribution in [2.45, 2.75) is 13.1 Å². The van der Waals surface area contributed by atoms with E-state index in [4.69, 9.17) is 0 Å². The predicted molar refractivity (Wildman–Crippen MR) is 77.8 cm³/mol. The van der Waals surface area contributed by atoms with Crippen LogP contribution in [0.25, 0.3) is 11.3 Å². The van der Waals surface area contributed by atoms with Crippen molar-refractivity contribution < 1.29 is 0 Å². The van der Waals surface area contributed by atoms with Crippen LogP contribution >= 0.6 is 0 Å². The third-order valence-electron chi connectivity index (χ3n) is 3.30. The van der Waals surface area contributed by atoms with Crippen LogP contribution in [0.3, 0.4) is 0 Å². The summed E-state index contributed by atoms with van der Waals surface area (Å²) >= 11 is 0. The first-order valence-corrected chi connectivity index (χ1v) is 6.59. The average Bonchev–Trinajstić information content (AvgIpc) is 3.10. The molecule has 5 nitrogen and oxygen atoms in total. The van der Waals surface area contributed by atoms with Crippen LogP contribution in [0.1, 0.15) is 11.4 Å². The number of aromatic amines is 1.